The van der Waals surface area contributed by atoms with E-state index in [4.69, 9.17) is 0 Å². The first kappa shape index (κ1) is 17.8. The van der Waals surface area contributed by atoms with Crippen LogP contribution in [0.3, 0.4) is 0 Å². The van der Waals surface area contributed by atoms with Crippen LogP contribution >= 0.6 is 0 Å². The van der Waals surface area contributed by atoms with Crippen molar-refractivity contribution in [3.8, 4) is 0 Å². The maximum atomic E-state index is 12.8. The standard InChI is InChI=1S/C17H22F3NO2/c1-15(2)9-4-10-21(11-15)14(22)12-5-7-13(8-6-12)16(3,23)17(18,19)20/h5-8,23H,4,9-11H2,1-3H3. The predicted molar refractivity (Wildman–Crippen MR) is 81.0 cm³/mol. The van der Waals surface area contributed by atoms with E-state index in [0.29, 0.717) is 25.6 Å². The van der Waals surface area contributed by atoms with E-state index in [1.54, 1.807) is 4.90 Å². The maximum Gasteiger partial charge on any atom is 0.421 e. The average molecular weight is 329 g/mol. The zero-order chi connectivity index (χ0) is 17.5. The minimum atomic E-state index is -4.77. The largest absolute Gasteiger partial charge is 0.421 e. The number of alkyl halides is 3. The van der Waals surface area contributed by atoms with Crippen molar-refractivity contribution >= 4 is 5.91 Å². The van der Waals surface area contributed by atoms with Gasteiger partial charge in [-0.15, -0.1) is 0 Å². The third-order valence-electron chi connectivity index (χ3n) is 4.43. The molecule has 1 aliphatic heterocycles. The molecule has 0 radical (unpaired) electrons. The molecule has 1 heterocycles. The molecule has 0 aliphatic carbocycles. The van der Waals surface area contributed by atoms with Gasteiger partial charge in [0.1, 0.15) is 0 Å². The Bertz CT molecular complexity index is 576. The number of rotatable bonds is 2. The first-order valence-corrected chi connectivity index (χ1v) is 7.63. The van der Waals surface area contributed by atoms with Gasteiger partial charge >= 0.3 is 6.18 Å². The number of carbonyl (C=O) groups is 1. The summed E-state index contributed by atoms with van der Waals surface area (Å²) in [7, 11) is 0. The molecule has 1 fully saturated rings. The highest BCUT2D eigenvalue weighted by Gasteiger charge is 2.51. The highest BCUT2D eigenvalue weighted by atomic mass is 19.4. The Morgan fingerprint density at radius 1 is 1.22 bits per heavy atom. The molecule has 1 unspecified atom stereocenters. The smallest absolute Gasteiger partial charge is 0.376 e. The maximum absolute atomic E-state index is 12.8. The van der Waals surface area contributed by atoms with Crippen molar-refractivity contribution < 1.29 is 23.1 Å². The lowest BCUT2D eigenvalue weighted by Gasteiger charge is -2.38. The van der Waals surface area contributed by atoms with E-state index < -0.39 is 11.8 Å². The minimum absolute atomic E-state index is 0.0494. The fraction of sp³-hybridized carbons (Fsp3) is 0.588. The van der Waals surface area contributed by atoms with E-state index in [2.05, 4.69) is 13.8 Å². The van der Waals surface area contributed by atoms with Crippen LogP contribution in [0.5, 0.6) is 0 Å². The molecular weight excluding hydrogens is 307 g/mol. The second-order valence-electron chi connectivity index (χ2n) is 7.14. The van der Waals surface area contributed by atoms with E-state index in [0.717, 1.165) is 25.0 Å². The van der Waals surface area contributed by atoms with Crippen LogP contribution in [0.4, 0.5) is 13.2 Å². The van der Waals surface area contributed by atoms with Gasteiger partial charge in [-0.3, -0.25) is 4.79 Å². The zero-order valence-corrected chi connectivity index (χ0v) is 13.6. The summed E-state index contributed by atoms with van der Waals surface area (Å²) in [5.41, 5.74) is -2.82. The monoisotopic (exact) mass is 329 g/mol. The van der Waals surface area contributed by atoms with Crippen LogP contribution in [0.1, 0.15) is 49.5 Å². The van der Waals surface area contributed by atoms with Gasteiger partial charge in [-0.05, 0) is 42.9 Å². The van der Waals surface area contributed by atoms with Crippen LogP contribution in [-0.4, -0.2) is 35.2 Å². The number of halogens is 3. The molecule has 1 aliphatic rings. The van der Waals surface area contributed by atoms with Crippen LogP contribution in [-0.2, 0) is 5.60 Å². The number of carbonyl (C=O) groups excluding carboxylic acids is 1. The Kier molecular flexibility index (Phi) is 4.50. The van der Waals surface area contributed by atoms with Crippen LogP contribution in [0, 0.1) is 5.41 Å². The SMILES string of the molecule is CC1(C)CCCN(C(=O)c2ccc(C(C)(O)C(F)(F)F)cc2)C1. The Morgan fingerprint density at radius 2 is 1.78 bits per heavy atom. The molecule has 6 heteroatoms. The molecule has 0 bridgehead atoms. The summed E-state index contributed by atoms with van der Waals surface area (Å²) >= 11 is 0. The molecule has 1 aromatic carbocycles. The number of hydrogen-bond donors (Lipinski definition) is 1. The second-order valence-corrected chi connectivity index (χ2v) is 7.14. The van der Waals surface area contributed by atoms with Crippen LogP contribution < -0.4 is 0 Å². The van der Waals surface area contributed by atoms with Gasteiger partial charge in [0.15, 0.2) is 5.60 Å². The minimum Gasteiger partial charge on any atom is -0.376 e. The molecule has 23 heavy (non-hydrogen) atoms. The first-order chi connectivity index (χ1) is 10.4. The van der Waals surface area contributed by atoms with Crippen molar-refractivity contribution in [2.45, 2.75) is 45.4 Å². The number of aliphatic hydroxyl groups is 1. The van der Waals surface area contributed by atoms with Crippen LogP contribution in [0.2, 0.25) is 0 Å². The van der Waals surface area contributed by atoms with E-state index in [9.17, 15) is 23.1 Å². The number of hydrogen-bond acceptors (Lipinski definition) is 2. The highest BCUT2D eigenvalue weighted by molar-refractivity contribution is 5.94. The molecule has 2 rings (SSSR count). The Morgan fingerprint density at radius 3 is 2.26 bits per heavy atom. The van der Waals surface area contributed by atoms with Gasteiger partial charge in [-0.25, -0.2) is 0 Å². The number of nitrogens with zero attached hydrogens (tertiary/aromatic N) is 1. The van der Waals surface area contributed by atoms with Crippen molar-refractivity contribution in [3.05, 3.63) is 35.4 Å². The van der Waals surface area contributed by atoms with E-state index in [1.807, 2.05) is 0 Å². The summed E-state index contributed by atoms with van der Waals surface area (Å²) in [6, 6.07) is 5.02. The van der Waals surface area contributed by atoms with Gasteiger partial charge in [0, 0.05) is 18.7 Å². The van der Waals surface area contributed by atoms with E-state index in [-0.39, 0.29) is 16.9 Å². The molecule has 0 aromatic heterocycles. The van der Waals surface area contributed by atoms with E-state index >= 15 is 0 Å². The fourth-order valence-corrected chi connectivity index (χ4v) is 2.88. The Hall–Kier alpha value is -1.56. The number of piperidine rings is 1. The topological polar surface area (TPSA) is 40.5 Å². The van der Waals surface area contributed by atoms with Gasteiger partial charge < -0.3 is 10.0 Å². The van der Waals surface area contributed by atoms with E-state index in [1.165, 1.54) is 12.1 Å². The molecule has 1 aromatic rings. The number of amides is 1. The van der Waals surface area contributed by atoms with Crippen molar-refractivity contribution in [1.82, 2.24) is 4.90 Å². The van der Waals surface area contributed by atoms with Crippen LogP contribution in [0.25, 0.3) is 0 Å². The Labute approximate surface area is 134 Å². The summed E-state index contributed by atoms with van der Waals surface area (Å²) in [5.74, 6) is -0.184. The molecule has 1 N–H and O–H groups in total. The molecule has 1 amide bonds. The number of likely N-dealkylation sites (tertiary alicyclic amines) is 1. The lowest BCUT2D eigenvalue weighted by molar-refractivity contribution is -0.258. The number of benzene rings is 1. The molecule has 1 saturated heterocycles. The predicted octanol–water partition coefficient (Wildman–Crippen LogP) is 3.72. The highest BCUT2D eigenvalue weighted by Crippen LogP contribution is 2.38. The van der Waals surface area contributed by atoms with Crippen LogP contribution in [0.15, 0.2) is 24.3 Å². The summed E-state index contributed by atoms with van der Waals surface area (Å²) < 4.78 is 38.5. The quantitative estimate of drug-likeness (QED) is 0.898. The second kappa shape index (κ2) is 5.82. The first-order valence-electron chi connectivity index (χ1n) is 7.63. The van der Waals surface area contributed by atoms with Crippen molar-refractivity contribution in [2.75, 3.05) is 13.1 Å². The van der Waals surface area contributed by atoms with Gasteiger partial charge in [-0.1, -0.05) is 26.0 Å². The van der Waals surface area contributed by atoms with Crippen molar-refractivity contribution in [3.63, 3.8) is 0 Å². The molecule has 128 valence electrons. The molecule has 1 atom stereocenters. The molecule has 0 spiro atoms. The molecular formula is C17H22F3NO2. The molecule has 0 saturated carbocycles. The zero-order valence-electron chi connectivity index (χ0n) is 13.6. The summed E-state index contributed by atoms with van der Waals surface area (Å²) in [6.07, 6.45) is -2.81. The summed E-state index contributed by atoms with van der Waals surface area (Å²) in [5, 5.41) is 9.65. The normalized spacial score (nSPS) is 20.9. The average Bonchev–Trinajstić information content (AvgIpc) is 2.44. The van der Waals surface area contributed by atoms with Gasteiger partial charge in [0.2, 0.25) is 0 Å². The fourth-order valence-electron chi connectivity index (χ4n) is 2.88. The summed E-state index contributed by atoms with van der Waals surface area (Å²) in [6.45, 7) is 6.18. The lowest BCUT2D eigenvalue weighted by atomic mass is 9.84. The van der Waals surface area contributed by atoms with Gasteiger partial charge in [-0.2, -0.15) is 13.2 Å². The van der Waals surface area contributed by atoms with Gasteiger partial charge in [0.05, 0.1) is 0 Å². The van der Waals surface area contributed by atoms with Gasteiger partial charge in [0.25, 0.3) is 5.91 Å². The summed E-state index contributed by atoms with van der Waals surface area (Å²) in [4.78, 5) is 14.2. The third kappa shape index (κ3) is 3.68. The van der Waals surface area contributed by atoms with Crippen molar-refractivity contribution in [1.29, 1.82) is 0 Å². The lowest BCUT2D eigenvalue weighted by Crippen LogP contribution is -2.43. The third-order valence-corrected chi connectivity index (χ3v) is 4.43. The van der Waals surface area contributed by atoms with Crippen molar-refractivity contribution in [2.24, 2.45) is 5.41 Å². The Balaban J connectivity index is 2.18. The molecule has 3 nitrogen and oxygen atoms in total.